The summed E-state index contributed by atoms with van der Waals surface area (Å²) >= 11 is 3.41. The molecule has 0 saturated carbocycles. The fourth-order valence-electron chi connectivity index (χ4n) is 2.03. The van der Waals surface area contributed by atoms with E-state index in [9.17, 15) is 4.79 Å². The van der Waals surface area contributed by atoms with E-state index >= 15 is 0 Å². The number of benzene rings is 2. The van der Waals surface area contributed by atoms with Gasteiger partial charge in [-0.15, -0.1) is 0 Å². The highest BCUT2D eigenvalue weighted by Crippen LogP contribution is 2.15. The van der Waals surface area contributed by atoms with E-state index in [1.54, 1.807) is 18.3 Å². The average Bonchev–Trinajstić information content (AvgIpc) is 3.17. The molecule has 0 radical (unpaired) electrons. The number of nitrogens with zero attached hydrogens (tertiary/aromatic N) is 1. The average molecular weight is 399 g/mol. The fraction of sp³-hybridized carbons (Fsp3) is 0.0526. The normalized spacial score (nSPS) is 10.8. The molecule has 0 atom stereocenters. The van der Waals surface area contributed by atoms with Gasteiger partial charge in [-0.2, -0.15) is 5.10 Å². The molecule has 1 aromatic heterocycles. The SMILES string of the molecule is O=C(N/N=C\c1ccc(OCc2ccc(Br)cc2)cc1)c1ccco1. The van der Waals surface area contributed by atoms with Crippen molar-refractivity contribution in [1.82, 2.24) is 5.43 Å². The molecule has 0 aliphatic heterocycles. The van der Waals surface area contributed by atoms with E-state index in [2.05, 4.69) is 26.5 Å². The molecule has 6 heteroatoms. The smallest absolute Gasteiger partial charge is 0.307 e. The Bertz CT molecular complexity index is 841. The van der Waals surface area contributed by atoms with Crippen LogP contribution in [0, 0.1) is 0 Å². The van der Waals surface area contributed by atoms with E-state index < -0.39 is 5.91 Å². The molecule has 0 aliphatic carbocycles. The van der Waals surface area contributed by atoms with Gasteiger partial charge in [0.15, 0.2) is 5.76 Å². The number of furan rings is 1. The molecule has 5 nitrogen and oxygen atoms in total. The number of hydrogen-bond donors (Lipinski definition) is 1. The Morgan fingerprint density at radius 2 is 1.88 bits per heavy atom. The highest BCUT2D eigenvalue weighted by molar-refractivity contribution is 9.10. The quantitative estimate of drug-likeness (QED) is 0.494. The van der Waals surface area contributed by atoms with E-state index in [0.717, 1.165) is 21.3 Å². The number of carbonyl (C=O) groups is 1. The van der Waals surface area contributed by atoms with Crippen LogP contribution in [0.25, 0.3) is 0 Å². The van der Waals surface area contributed by atoms with E-state index in [4.69, 9.17) is 9.15 Å². The van der Waals surface area contributed by atoms with Crippen LogP contribution in [-0.2, 0) is 6.61 Å². The molecule has 0 saturated heterocycles. The zero-order chi connectivity index (χ0) is 17.5. The van der Waals surface area contributed by atoms with Gasteiger partial charge in [-0.3, -0.25) is 4.79 Å². The second-order valence-corrected chi connectivity index (χ2v) is 6.08. The third-order valence-electron chi connectivity index (χ3n) is 3.32. The highest BCUT2D eigenvalue weighted by atomic mass is 79.9. The number of nitrogens with one attached hydrogen (secondary N) is 1. The minimum Gasteiger partial charge on any atom is -0.489 e. The van der Waals surface area contributed by atoms with Crippen LogP contribution < -0.4 is 10.2 Å². The predicted octanol–water partition coefficient (Wildman–Crippen LogP) is 4.39. The maximum Gasteiger partial charge on any atom is 0.307 e. The molecule has 0 spiro atoms. The van der Waals surface area contributed by atoms with Crippen molar-refractivity contribution in [3.8, 4) is 5.75 Å². The lowest BCUT2D eigenvalue weighted by atomic mass is 10.2. The van der Waals surface area contributed by atoms with Crippen molar-refractivity contribution < 1.29 is 13.9 Å². The van der Waals surface area contributed by atoms with Crippen LogP contribution in [0.5, 0.6) is 5.75 Å². The molecular formula is C19H15BrN2O3. The van der Waals surface area contributed by atoms with Crippen LogP contribution >= 0.6 is 15.9 Å². The minimum absolute atomic E-state index is 0.217. The number of carbonyl (C=O) groups excluding carboxylic acids is 1. The Morgan fingerprint density at radius 3 is 2.56 bits per heavy atom. The molecule has 126 valence electrons. The zero-order valence-electron chi connectivity index (χ0n) is 13.2. The summed E-state index contributed by atoms with van der Waals surface area (Å²) < 4.78 is 11.8. The van der Waals surface area contributed by atoms with Crippen molar-refractivity contribution in [2.75, 3.05) is 0 Å². The summed E-state index contributed by atoms with van der Waals surface area (Å²) in [7, 11) is 0. The summed E-state index contributed by atoms with van der Waals surface area (Å²) in [6.45, 7) is 0.500. The van der Waals surface area contributed by atoms with E-state index in [-0.39, 0.29) is 5.76 Å². The highest BCUT2D eigenvalue weighted by Gasteiger charge is 2.05. The maximum atomic E-state index is 11.6. The molecule has 2 aromatic carbocycles. The van der Waals surface area contributed by atoms with Crippen LogP contribution in [-0.4, -0.2) is 12.1 Å². The molecule has 1 heterocycles. The third-order valence-corrected chi connectivity index (χ3v) is 3.85. The van der Waals surface area contributed by atoms with Gasteiger partial charge < -0.3 is 9.15 Å². The van der Waals surface area contributed by atoms with E-state index in [0.29, 0.717) is 6.61 Å². The van der Waals surface area contributed by atoms with Crippen LogP contribution in [0.2, 0.25) is 0 Å². The van der Waals surface area contributed by atoms with Crippen molar-refractivity contribution >= 4 is 28.1 Å². The molecule has 0 bridgehead atoms. The van der Waals surface area contributed by atoms with Crippen molar-refractivity contribution in [2.24, 2.45) is 5.10 Å². The lowest BCUT2D eigenvalue weighted by Gasteiger charge is -2.06. The van der Waals surface area contributed by atoms with Crippen molar-refractivity contribution in [1.29, 1.82) is 0 Å². The Labute approximate surface area is 153 Å². The first-order valence-corrected chi connectivity index (χ1v) is 8.34. The Morgan fingerprint density at radius 1 is 1.12 bits per heavy atom. The third kappa shape index (κ3) is 5.06. The predicted molar refractivity (Wildman–Crippen MR) is 98.7 cm³/mol. The Balaban J connectivity index is 1.50. The van der Waals surface area contributed by atoms with Crippen molar-refractivity contribution in [3.05, 3.63) is 88.3 Å². The fourth-order valence-corrected chi connectivity index (χ4v) is 2.29. The van der Waals surface area contributed by atoms with Crippen LogP contribution in [0.4, 0.5) is 0 Å². The number of amides is 1. The topological polar surface area (TPSA) is 63.8 Å². The van der Waals surface area contributed by atoms with Crippen LogP contribution in [0.15, 0.2) is 80.9 Å². The van der Waals surface area contributed by atoms with Gasteiger partial charge in [0.1, 0.15) is 12.4 Å². The monoisotopic (exact) mass is 398 g/mol. The summed E-state index contributed by atoms with van der Waals surface area (Å²) in [5.41, 5.74) is 4.34. The largest absolute Gasteiger partial charge is 0.489 e. The van der Waals surface area contributed by atoms with Gasteiger partial charge in [-0.25, -0.2) is 5.43 Å². The lowest BCUT2D eigenvalue weighted by Crippen LogP contribution is -2.16. The van der Waals surface area contributed by atoms with Crippen molar-refractivity contribution in [2.45, 2.75) is 6.61 Å². The van der Waals surface area contributed by atoms with Gasteiger partial charge in [0, 0.05) is 4.47 Å². The van der Waals surface area contributed by atoms with Gasteiger partial charge >= 0.3 is 5.91 Å². The molecule has 3 aromatic rings. The second-order valence-electron chi connectivity index (χ2n) is 5.16. The van der Waals surface area contributed by atoms with Crippen LogP contribution in [0.1, 0.15) is 21.7 Å². The summed E-state index contributed by atoms with van der Waals surface area (Å²) in [6, 6.07) is 18.6. The van der Waals surface area contributed by atoms with Gasteiger partial charge in [0.25, 0.3) is 0 Å². The first-order valence-electron chi connectivity index (χ1n) is 7.55. The van der Waals surface area contributed by atoms with Gasteiger partial charge in [-0.05, 0) is 59.7 Å². The molecule has 3 rings (SSSR count). The Hall–Kier alpha value is -2.86. The summed E-state index contributed by atoms with van der Waals surface area (Å²) in [5.74, 6) is 0.587. The molecule has 0 fully saturated rings. The van der Waals surface area contributed by atoms with Gasteiger partial charge in [0.05, 0.1) is 12.5 Å². The van der Waals surface area contributed by atoms with Crippen LogP contribution in [0.3, 0.4) is 0 Å². The summed E-state index contributed by atoms with van der Waals surface area (Å²) in [6.07, 6.45) is 2.99. The summed E-state index contributed by atoms with van der Waals surface area (Å²) in [4.78, 5) is 11.6. The van der Waals surface area contributed by atoms with Gasteiger partial charge in [-0.1, -0.05) is 28.1 Å². The number of rotatable bonds is 6. The van der Waals surface area contributed by atoms with Crippen molar-refractivity contribution in [3.63, 3.8) is 0 Å². The molecule has 25 heavy (non-hydrogen) atoms. The first kappa shape index (κ1) is 17.0. The molecule has 1 amide bonds. The molecular weight excluding hydrogens is 384 g/mol. The second kappa shape index (κ2) is 8.30. The maximum absolute atomic E-state index is 11.6. The number of hydrazone groups is 1. The summed E-state index contributed by atoms with van der Waals surface area (Å²) in [5, 5.41) is 3.90. The molecule has 0 aliphatic rings. The van der Waals surface area contributed by atoms with Gasteiger partial charge in [0.2, 0.25) is 0 Å². The number of halogens is 1. The van der Waals surface area contributed by atoms with E-state index in [1.807, 2.05) is 48.5 Å². The molecule has 1 N–H and O–H groups in total. The standard InChI is InChI=1S/C19H15BrN2O3/c20-16-7-3-15(4-8-16)13-25-17-9-5-14(6-10-17)12-21-22-19(23)18-2-1-11-24-18/h1-12H,13H2,(H,22,23)/b21-12-. The molecule has 0 unspecified atom stereocenters. The van der Waals surface area contributed by atoms with E-state index in [1.165, 1.54) is 6.26 Å². The minimum atomic E-state index is -0.393. The lowest BCUT2D eigenvalue weighted by molar-refractivity contribution is 0.0927. The first-order chi connectivity index (χ1) is 12.2. The number of ether oxygens (including phenoxy) is 1. The zero-order valence-corrected chi connectivity index (χ0v) is 14.8. The number of hydrogen-bond acceptors (Lipinski definition) is 4. The Kier molecular flexibility index (Phi) is 5.64.